The Bertz CT molecular complexity index is 1110. The third-order valence-electron chi connectivity index (χ3n) is 7.18. The van der Waals surface area contributed by atoms with Gasteiger partial charge in [0.15, 0.2) is 16.6 Å². The predicted octanol–water partition coefficient (Wildman–Crippen LogP) is 8.13. The second kappa shape index (κ2) is 17.2. The van der Waals surface area contributed by atoms with Gasteiger partial charge in [0, 0.05) is 26.3 Å². The molecular formula is C33H58NO8PSi3. The van der Waals surface area contributed by atoms with Crippen molar-refractivity contribution in [1.82, 2.24) is 4.67 Å². The molecule has 0 bridgehead atoms. The molecular weight excluding hydrogens is 654 g/mol. The topological polar surface area (TPSA) is 77.1 Å². The molecule has 1 fully saturated rings. The Morgan fingerprint density at radius 3 is 1.63 bits per heavy atom. The minimum atomic E-state index is -3.84. The van der Waals surface area contributed by atoms with E-state index in [9.17, 15) is 0 Å². The Balaban J connectivity index is 2.04. The van der Waals surface area contributed by atoms with E-state index in [1.807, 2.05) is 43.3 Å². The summed E-state index contributed by atoms with van der Waals surface area (Å²) >= 11 is 0. The molecule has 1 aliphatic heterocycles. The summed E-state index contributed by atoms with van der Waals surface area (Å²) < 4.78 is 55.3. The second-order valence-corrected chi connectivity index (χ2v) is 27.3. The van der Waals surface area contributed by atoms with E-state index in [0.717, 1.165) is 11.1 Å². The average molecular weight is 712 g/mol. The van der Waals surface area contributed by atoms with Crippen LogP contribution >= 0.6 is 8.53 Å². The van der Waals surface area contributed by atoms with Crippen molar-refractivity contribution >= 4 is 34.2 Å². The van der Waals surface area contributed by atoms with E-state index in [1.54, 1.807) is 14.2 Å². The van der Waals surface area contributed by atoms with Crippen molar-refractivity contribution in [3.63, 3.8) is 0 Å². The summed E-state index contributed by atoms with van der Waals surface area (Å²) in [5.74, 6) is 0. The Morgan fingerprint density at radius 1 is 0.761 bits per heavy atom. The lowest BCUT2D eigenvalue weighted by atomic mass is 10.0. The number of methoxy groups -OCH3 is 1. The number of nitrogens with zero attached hydrogens (tertiary/aromatic N) is 1. The van der Waals surface area contributed by atoms with Crippen molar-refractivity contribution in [2.45, 2.75) is 117 Å². The summed E-state index contributed by atoms with van der Waals surface area (Å²) in [4.78, 5) is 0. The van der Waals surface area contributed by atoms with Gasteiger partial charge in [-0.15, -0.1) is 0 Å². The quantitative estimate of drug-likeness (QED) is 0.113. The van der Waals surface area contributed by atoms with Crippen LogP contribution in [-0.4, -0.2) is 87.7 Å². The zero-order valence-electron chi connectivity index (χ0n) is 30.2. The van der Waals surface area contributed by atoms with Crippen LogP contribution in [0, 0.1) is 0 Å². The molecule has 46 heavy (non-hydrogen) atoms. The lowest BCUT2D eigenvalue weighted by Crippen LogP contribution is -2.60. The molecule has 0 saturated carbocycles. The minimum Gasteiger partial charge on any atom is -0.395 e. The van der Waals surface area contributed by atoms with Gasteiger partial charge in [-0.25, -0.2) is 4.67 Å². The number of ether oxygens (including phenoxy) is 2. The Kier molecular flexibility index (Phi) is 14.8. The third kappa shape index (κ3) is 11.4. The van der Waals surface area contributed by atoms with Gasteiger partial charge in [-0.2, -0.15) is 0 Å². The van der Waals surface area contributed by atoms with Crippen LogP contribution in [0.4, 0.5) is 0 Å². The van der Waals surface area contributed by atoms with Crippen LogP contribution < -0.4 is 0 Å². The van der Waals surface area contributed by atoms with Crippen molar-refractivity contribution < 1.29 is 35.6 Å². The smallest absolute Gasteiger partial charge is 0.395 e. The first-order valence-electron chi connectivity index (χ1n) is 16.3. The molecule has 9 nitrogen and oxygen atoms in total. The Labute approximate surface area is 282 Å². The molecule has 2 unspecified atom stereocenters. The molecule has 2 aromatic carbocycles. The van der Waals surface area contributed by atoms with Gasteiger partial charge in [-0.1, -0.05) is 60.7 Å². The summed E-state index contributed by atoms with van der Waals surface area (Å²) in [6.07, 6.45) is -1.92. The molecule has 0 amide bonds. The van der Waals surface area contributed by atoms with Crippen LogP contribution in [0.3, 0.4) is 0 Å². The largest absolute Gasteiger partial charge is 0.659 e. The summed E-state index contributed by atoms with van der Waals surface area (Å²) in [7, 11) is -6.40. The van der Waals surface area contributed by atoms with Gasteiger partial charge in [-0.05, 0) is 85.0 Å². The monoisotopic (exact) mass is 711 g/mol. The maximum Gasteiger partial charge on any atom is 0.659 e. The zero-order valence-corrected chi connectivity index (χ0v) is 34.1. The minimum absolute atomic E-state index is 0.141. The lowest BCUT2D eigenvalue weighted by Gasteiger charge is -2.40. The van der Waals surface area contributed by atoms with Crippen molar-refractivity contribution in [3.8, 4) is 0 Å². The first kappa shape index (κ1) is 39.6. The SMILES string of the molecule is COC1[C@H](C)O[C@H](CO[Si](OC(c2ccccc2)c2ccccc2)(O[Si](C)(C)C)O[Si](C)(C)C)[C@@H]1OP(OC)N(C(C)C)C(C)C. The van der Waals surface area contributed by atoms with Crippen LogP contribution in [0.1, 0.15) is 51.8 Å². The first-order chi connectivity index (χ1) is 21.5. The maximum absolute atomic E-state index is 7.13. The van der Waals surface area contributed by atoms with Gasteiger partial charge in [0.2, 0.25) is 0 Å². The Hall–Kier alpha value is -0.839. The van der Waals surface area contributed by atoms with E-state index in [2.05, 4.69) is 95.9 Å². The summed E-state index contributed by atoms with van der Waals surface area (Å²) in [5.41, 5.74) is 1.99. The molecule has 1 saturated heterocycles. The van der Waals surface area contributed by atoms with Crippen LogP contribution in [0.5, 0.6) is 0 Å². The fraction of sp³-hybridized carbons (Fsp3) is 0.636. The average Bonchev–Trinajstić information content (AvgIpc) is 3.26. The Morgan fingerprint density at radius 2 is 1.24 bits per heavy atom. The zero-order chi connectivity index (χ0) is 34.3. The fourth-order valence-electron chi connectivity index (χ4n) is 5.59. The second-order valence-electron chi connectivity index (χ2n) is 14.2. The maximum atomic E-state index is 7.13. The van der Waals surface area contributed by atoms with Gasteiger partial charge in [-0.3, -0.25) is 0 Å². The van der Waals surface area contributed by atoms with Gasteiger partial charge >= 0.3 is 9.05 Å². The standard InChI is InChI=1S/C33H58NO8PSi3/c1-25(2)34(26(3)4)43(36-7)39-33-30(38-27(5)31(33)35-6)24-37-46(41-44(8,9)10,42-45(11,12)13)40-32(28-20-16-14-17-21-28)29-22-18-15-19-23-29/h14-23,25-27,30-33H,24H2,1-13H3/t27-,30+,31?,33-,43?/m0/s1. The molecule has 1 heterocycles. The van der Waals surface area contributed by atoms with E-state index in [4.69, 9.17) is 35.6 Å². The van der Waals surface area contributed by atoms with Crippen molar-refractivity contribution in [2.75, 3.05) is 20.8 Å². The van der Waals surface area contributed by atoms with E-state index in [-0.39, 0.29) is 30.9 Å². The first-order valence-corrected chi connectivity index (χ1v) is 25.9. The third-order valence-corrected chi connectivity index (χ3v) is 17.2. The molecule has 2 aromatic rings. The highest BCUT2D eigenvalue weighted by Crippen LogP contribution is 2.49. The lowest BCUT2D eigenvalue weighted by molar-refractivity contribution is -0.0486. The van der Waals surface area contributed by atoms with Crippen LogP contribution in [0.15, 0.2) is 60.7 Å². The number of benzene rings is 2. The normalized spacial score (nSPS) is 22.0. The van der Waals surface area contributed by atoms with Crippen LogP contribution in [0.2, 0.25) is 39.3 Å². The predicted molar refractivity (Wildman–Crippen MR) is 192 cm³/mol. The number of rotatable bonds is 18. The molecule has 13 heteroatoms. The van der Waals surface area contributed by atoms with E-state index >= 15 is 0 Å². The van der Waals surface area contributed by atoms with Crippen molar-refractivity contribution in [3.05, 3.63) is 71.8 Å². The molecule has 0 spiro atoms. The van der Waals surface area contributed by atoms with Crippen LogP contribution in [-0.2, 0) is 35.6 Å². The summed E-state index contributed by atoms with van der Waals surface area (Å²) in [5, 5.41) is 0. The summed E-state index contributed by atoms with van der Waals surface area (Å²) in [6.45, 7) is 23.5. The van der Waals surface area contributed by atoms with E-state index in [1.165, 1.54) is 0 Å². The molecule has 3 rings (SSSR count). The molecule has 1 aliphatic rings. The van der Waals surface area contributed by atoms with Crippen molar-refractivity contribution in [2.24, 2.45) is 0 Å². The highest BCUT2D eigenvalue weighted by molar-refractivity contribution is 7.44. The van der Waals surface area contributed by atoms with Gasteiger partial charge < -0.3 is 35.6 Å². The molecule has 0 radical (unpaired) electrons. The van der Waals surface area contributed by atoms with Gasteiger partial charge in [0.05, 0.1) is 12.7 Å². The number of hydrogen-bond acceptors (Lipinski definition) is 9. The van der Waals surface area contributed by atoms with Gasteiger partial charge in [0.25, 0.3) is 8.53 Å². The number of hydrogen-bond donors (Lipinski definition) is 0. The van der Waals surface area contributed by atoms with Crippen molar-refractivity contribution in [1.29, 1.82) is 0 Å². The van der Waals surface area contributed by atoms with E-state index in [0.29, 0.717) is 0 Å². The summed E-state index contributed by atoms with van der Waals surface area (Å²) in [6, 6.07) is 20.8. The molecule has 0 aliphatic carbocycles. The van der Waals surface area contributed by atoms with Crippen LogP contribution in [0.25, 0.3) is 0 Å². The van der Waals surface area contributed by atoms with Gasteiger partial charge in [0.1, 0.15) is 24.4 Å². The molecule has 260 valence electrons. The van der Waals surface area contributed by atoms with E-state index < -0.39 is 52.5 Å². The molecule has 5 atom stereocenters. The highest BCUT2D eigenvalue weighted by Gasteiger charge is 2.56. The molecule has 0 N–H and O–H groups in total. The fourth-order valence-corrected chi connectivity index (χ4v) is 15.6. The highest BCUT2D eigenvalue weighted by atomic mass is 31.2. The molecule has 0 aromatic heterocycles.